The molecule has 1 aromatic heterocycles. The Hall–Kier alpha value is -0.850. The van der Waals surface area contributed by atoms with Gasteiger partial charge in [0.15, 0.2) is 0 Å². The summed E-state index contributed by atoms with van der Waals surface area (Å²) in [6, 6.07) is 1.82. The number of nitrogens with one attached hydrogen (secondary N) is 1. The highest BCUT2D eigenvalue weighted by molar-refractivity contribution is 7.89. The summed E-state index contributed by atoms with van der Waals surface area (Å²) < 4.78 is 29.2. The van der Waals surface area contributed by atoms with Gasteiger partial charge < -0.3 is 9.88 Å². The van der Waals surface area contributed by atoms with Gasteiger partial charge in [-0.3, -0.25) is 0 Å². The highest BCUT2D eigenvalue weighted by atomic mass is 32.2. The highest BCUT2D eigenvalue weighted by Crippen LogP contribution is 2.27. The lowest BCUT2D eigenvalue weighted by Crippen LogP contribution is -2.28. The Labute approximate surface area is 128 Å². The first-order valence-corrected chi connectivity index (χ1v) is 9.30. The van der Waals surface area contributed by atoms with Crippen LogP contribution in [0, 0.1) is 5.92 Å². The molecule has 1 N–H and O–H groups in total. The maximum atomic E-state index is 12.8. The lowest BCUT2D eigenvalue weighted by Gasteiger charge is -2.15. The quantitative estimate of drug-likeness (QED) is 0.838. The molecule has 1 atom stereocenters. The summed E-state index contributed by atoms with van der Waals surface area (Å²) in [6.45, 7) is 7.09. The minimum atomic E-state index is -3.34. The zero-order valence-corrected chi connectivity index (χ0v) is 14.1. The van der Waals surface area contributed by atoms with E-state index in [1.54, 1.807) is 10.5 Å². The molecule has 0 spiro atoms. The zero-order chi connectivity index (χ0) is 15.5. The summed E-state index contributed by atoms with van der Waals surface area (Å²) in [5.74, 6) is 0.509. The third-order valence-corrected chi connectivity index (χ3v) is 6.08. The third-order valence-electron chi connectivity index (χ3n) is 4.25. The van der Waals surface area contributed by atoms with Crippen LogP contribution in [0.3, 0.4) is 0 Å². The smallest absolute Gasteiger partial charge is 0.244 e. The number of aromatic nitrogens is 1. The van der Waals surface area contributed by atoms with Crippen molar-refractivity contribution >= 4 is 10.0 Å². The van der Waals surface area contributed by atoms with Crippen molar-refractivity contribution in [3.63, 3.8) is 0 Å². The molecule has 1 aromatic rings. The average molecular weight is 313 g/mol. The number of nitrogens with zero attached hydrogens (tertiary/aromatic N) is 2. The number of rotatable bonds is 7. The van der Waals surface area contributed by atoms with Gasteiger partial charge in [-0.25, -0.2) is 8.42 Å². The molecule has 0 saturated carbocycles. The van der Waals surface area contributed by atoms with Crippen molar-refractivity contribution in [1.82, 2.24) is 14.2 Å². The van der Waals surface area contributed by atoms with E-state index in [1.165, 1.54) is 0 Å². The van der Waals surface area contributed by atoms with Crippen molar-refractivity contribution in [3.05, 3.63) is 18.0 Å². The molecule has 0 radical (unpaired) electrons. The Kier molecular flexibility index (Phi) is 5.46. The molecule has 1 unspecified atom stereocenters. The monoisotopic (exact) mass is 313 g/mol. The lowest BCUT2D eigenvalue weighted by atomic mass is 10.1. The predicted molar refractivity (Wildman–Crippen MR) is 84.6 cm³/mol. The molecule has 0 aliphatic carbocycles. The summed E-state index contributed by atoms with van der Waals surface area (Å²) in [4.78, 5) is 0.443. The second-order valence-corrected chi connectivity index (χ2v) is 7.75. The summed E-state index contributed by atoms with van der Waals surface area (Å²) >= 11 is 0. The Bertz CT molecular complexity index is 542. The van der Waals surface area contributed by atoms with Gasteiger partial charge in [-0.15, -0.1) is 0 Å². The van der Waals surface area contributed by atoms with Crippen LogP contribution in [-0.4, -0.2) is 37.4 Å². The van der Waals surface area contributed by atoms with Crippen molar-refractivity contribution in [2.75, 3.05) is 20.1 Å². The maximum Gasteiger partial charge on any atom is 0.244 e. The van der Waals surface area contributed by atoms with E-state index in [4.69, 9.17) is 0 Å². The molecule has 1 saturated heterocycles. The van der Waals surface area contributed by atoms with E-state index < -0.39 is 10.0 Å². The molecule has 0 amide bonds. The Balaban J connectivity index is 2.25. The number of sulfonamides is 1. The molecule has 21 heavy (non-hydrogen) atoms. The van der Waals surface area contributed by atoms with E-state index in [0.29, 0.717) is 30.4 Å². The Morgan fingerprint density at radius 1 is 1.38 bits per heavy atom. The molecule has 0 aromatic carbocycles. The van der Waals surface area contributed by atoms with Crippen LogP contribution in [0.5, 0.6) is 0 Å². The predicted octanol–water partition coefficient (Wildman–Crippen LogP) is 2.04. The van der Waals surface area contributed by atoms with Gasteiger partial charge in [-0.2, -0.15) is 4.31 Å². The van der Waals surface area contributed by atoms with Crippen LogP contribution >= 0.6 is 0 Å². The molecule has 6 heteroatoms. The summed E-state index contributed by atoms with van der Waals surface area (Å²) in [5, 5.41) is 3.10. The van der Waals surface area contributed by atoms with Crippen molar-refractivity contribution in [1.29, 1.82) is 0 Å². The largest absolute Gasteiger partial charge is 0.349 e. The van der Waals surface area contributed by atoms with Gasteiger partial charge in [-0.1, -0.05) is 20.3 Å². The first-order valence-electron chi connectivity index (χ1n) is 7.86. The standard InChI is InChI=1S/C15H27N3O2S/c1-4-7-17-12-15(9-14(17)10-16-3)21(19,20)18-8-6-13(5-2)11-18/h9,12-13,16H,4-8,10-11H2,1-3H3. The number of aryl methyl sites for hydroxylation is 1. The third kappa shape index (κ3) is 3.49. The van der Waals surface area contributed by atoms with Crippen molar-refractivity contribution in [3.8, 4) is 0 Å². The fraction of sp³-hybridized carbons (Fsp3) is 0.733. The molecule has 5 nitrogen and oxygen atoms in total. The van der Waals surface area contributed by atoms with E-state index in [2.05, 4.69) is 23.7 Å². The summed E-state index contributed by atoms with van der Waals surface area (Å²) in [5.41, 5.74) is 1.03. The van der Waals surface area contributed by atoms with E-state index in [1.807, 2.05) is 13.1 Å². The molecule has 1 aliphatic heterocycles. The molecule has 2 rings (SSSR count). The molecule has 2 heterocycles. The van der Waals surface area contributed by atoms with E-state index in [9.17, 15) is 8.42 Å². The fourth-order valence-electron chi connectivity index (χ4n) is 2.94. The molecular formula is C15H27N3O2S. The van der Waals surface area contributed by atoms with E-state index >= 15 is 0 Å². The molecule has 0 bridgehead atoms. The van der Waals surface area contributed by atoms with Crippen LogP contribution in [0.4, 0.5) is 0 Å². The van der Waals surface area contributed by atoms with Crippen LogP contribution < -0.4 is 5.32 Å². The second kappa shape index (κ2) is 6.94. The van der Waals surface area contributed by atoms with Gasteiger partial charge in [0.1, 0.15) is 4.90 Å². The van der Waals surface area contributed by atoms with Crippen LogP contribution in [0.25, 0.3) is 0 Å². The van der Waals surface area contributed by atoms with Gasteiger partial charge in [0.05, 0.1) is 0 Å². The minimum absolute atomic E-state index is 0.443. The van der Waals surface area contributed by atoms with Gasteiger partial charge >= 0.3 is 0 Å². The van der Waals surface area contributed by atoms with E-state index in [0.717, 1.165) is 31.5 Å². The van der Waals surface area contributed by atoms with Crippen molar-refractivity contribution < 1.29 is 8.42 Å². The SMILES string of the molecule is CCCn1cc(S(=O)(=O)N2CCC(CC)C2)cc1CNC. The first-order chi connectivity index (χ1) is 10.0. The van der Waals surface area contributed by atoms with Gasteiger partial charge in [0, 0.05) is 38.1 Å². The number of hydrogen-bond donors (Lipinski definition) is 1. The second-order valence-electron chi connectivity index (χ2n) is 5.82. The number of hydrogen-bond acceptors (Lipinski definition) is 3. The first kappa shape index (κ1) is 16.5. The van der Waals surface area contributed by atoms with E-state index in [-0.39, 0.29) is 0 Å². The topological polar surface area (TPSA) is 54.3 Å². The normalized spacial score (nSPS) is 20.2. The van der Waals surface area contributed by atoms with Crippen molar-refractivity contribution in [2.45, 2.75) is 51.1 Å². The minimum Gasteiger partial charge on any atom is -0.349 e. The zero-order valence-electron chi connectivity index (χ0n) is 13.3. The Morgan fingerprint density at radius 2 is 2.14 bits per heavy atom. The van der Waals surface area contributed by atoms with Gasteiger partial charge in [0.25, 0.3) is 0 Å². The summed E-state index contributed by atoms with van der Waals surface area (Å²) in [6.07, 6.45) is 4.82. The molecular weight excluding hydrogens is 286 g/mol. The Morgan fingerprint density at radius 3 is 2.71 bits per heavy atom. The molecule has 120 valence electrons. The van der Waals surface area contributed by atoms with Crippen LogP contribution in [0.1, 0.15) is 38.8 Å². The van der Waals surface area contributed by atoms with Gasteiger partial charge in [-0.05, 0) is 31.9 Å². The highest BCUT2D eigenvalue weighted by Gasteiger charge is 2.32. The van der Waals surface area contributed by atoms with Gasteiger partial charge in [0.2, 0.25) is 10.0 Å². The van der Waals surface area contributed by atoms with Crippen LogP contribution in [0.15, 0.2) is 17.2 Å². The summed E-state index contributed by atoms with van der Waals surface area (Å²) in [7, 11) is -1.46. The lowest BCUT2D eigenvalue weighted by molar-refractivity contribution is 0.453. The maximum absolute atomic E-state index is 12.8. The van der Waals surface area contributed by atoms with Crippen LogP contribution in [0.2, 0.25) is 0 Å². The average Bonchev–Trinajstić information content (AvgIpc) is 3.07. The molecule has 1 aliphatic rings. The fourth-order valence-corrected chi connectivity index (χ4v) is 4.54. The van der Waals surface area contributed by atoms with Crippen LogP contribution in [-0.2, 0) is 23.1 Å². The van der Waals surface area contributed by atoms with Crippen molar-refractivity contribution in [2.24, 2.45) is 5.92 Å². The molecule has 1 fully saturated rings.